The van der Waals surface area contributed by atoms with Crippen LogP contribution in [0.3, 0.4) is 0 Å². The van der Waals surface area contributed by atoms with Gasteiger partial charge in [0.15, 0.2) is 0 Å². The van der Waals surface area contributed by atoms with Crippen LogP contribution >= 0.6 is 0 Å². The summed E-state index contributed by atoms with van der Waals surface area (Å²) >= 11 is 0. The number of anilines is 1. The highest BCUT2D eigenvalue weighted by Gasteiger charge is 2.11. The van der Waals surface area contributed by atoms with E-state index in [1.165, 1.54) is 0 Å². The van der Waals surface area contributed by atoms with Gasteiger partial charge in [0.25, 0.3) is 5.91 Å². The zero-order chi connectivity index (χ0) is 15.7. The number of carbonyl (C=O) groups is 2. The third kappa shape index (κ3) is 5.55. The molecule has 0 aliphatic carbocycles. The number of rotatable bonds is 8. The number of amides is 2. The van der Waals surface area contributed by atoms with Crippen molar-refractivity contribution < 1.29 is 9.59 Å². The largest absolute Gasteiger partial charge is 0.355 e. The Morgan fingerprint density at radius 3 is 2.52 bits per heavy atom. The van der Waals surface area contributed by atoms with Gasteiger partial charge in [-0.1, -0.05) is 18.9 Å². The molecule has 1 rings (SSSR count). The molecule has 0 saturated heterocycles. The molecule has 1 aromatic carbocycles. The maximum absolute atomic E-state index is 11.9. The van der Waals surface area contributed by atoms with Gasteiger partial charge < -0.3 is 16.4 Å². The number of nitrogens with two attached hydrogens (primary N) is 1. The second-order valence-corrected chi connectivity index (χ2v) is 5.06. The van der Waals surface area contributed by atoms with Gasteiger partial charge in [0.2, 0.25) is 5.91 Å². The fourth-order valence-corrected chi connectivity index (χ4v) is 2.15. The summed E-state index contributed by atoms with van der Waals surface area (Å²) < 4.78 is 0. The first kappa shape index (κ1) is 17.2. The summed E-state index contributed by atoms with van der Waals surface area (Å²) in [6.45, 7) is 2.54. The van der Waals surface area contributed by atoms with Gasteiger partial charge in [-0.05, 0) is 44.0 Å². The van der Waals surface area contributed by atoms with Crippen LogP contribution in [0.1, 0.15) is 48.0 Å². The molecule has 21 heavy (non-hydrogen) atoms. The van der Waals surface area contributed by atoms with E-state index in [9.17, 15) is 9.59 Å². The zero-order valence-electron chi connectivity index (χ0n) is 12.9. The highest BCUT2D eigenvalue weighted by atomic mass is 16.2. The van der Waals surface area contributed by atoms with Crippen molar-refractivity contribution in [2.75, 3.05) is 18.9 Å². The van der Waals surface area contributed by atoms with Crippen molar-refractivity contribution in [1.29, 1.82) is 0 Å². The lowest BCUT2D eigenvalue weighted by Gasteiger charge is -2.11. The van der Waals surface area contributed by atoms with E-state index in [4.69, 9.17) is 5.73 Å². The average Bonchev–Trinajstić information content (AvgIpc) is 2.48. The van der Waals surface area contributed by atoms with E-state index in [1.54, 1.807) is 19.2 Å². The van der Waals surface area contributed by atoms with E-state index >= 15 is 0 Å². The Hall–Kier alpha value is -1.88. The van der Waals surface area contributed by atoms with Crippen molar-refractivity contribution in [2.24, 2.45) is 5.73 Å². The molecular formula is C16H25N3O2. The predicted molar refractivity (Wildman–Crippen MR) is 85.3 cm³/mol. The topological polar surface area (TPSA) is 84.2 Å². The molecule has 0 radical (unpaired) electrons. The second kappa shape index (κ2) is 9.13. The van der Waals surface area contributed by atoms with Gasteiger partial charge in [0, 0.05) is 24.7 Å². The molecule has 1 aromatic rings. The molecule has 0 aromatic heterocycles. The van der Waals surface area contributed by atoms with Gasteiger partial charge >= 0.3 is 0 Å². The maximum atomic E-state index is 11.9. The highest BCUT2D eigenvalue weighted by molar-refractivity contribution is 5.99. The van der Waals surface area contributed by atoms with Crippen molar-refractivity contribution in [3.8, 4) is 0 Å². The van der Waals surface area contributed by atoms with Crippen molar-refractivity contribution in [3.05, 3.63) is 29.3 Å². The standard InChI is InChI=1S/C16H25N3O2/c1-12-13(16(21)18-2)8-7-9-14(12)19-15(20)10-5-3-4-6-11-17/h7-9H,3-6,10-11,17H2,1-2H3,(H,18,21)(H,19,20). The molecule has 2 amide bonds. The summed E-state index contributed by atoms with van der Waals surface area (Å²) in [4.78, 5) is 23.6. The van der Waals surface area contributed by atoms with Crippen LogP contribution in [0.5, 0.6) is 0 Å². The number of unbranched alkanes of at least 4 members (excludes halogenated alkanes) is 3. The van der Waals surface area contributed by atoms with E-state index in [2.05, 4.69) is 10.6 Å². The smallest absolute Gasteiger partial charge is 0.251 e. The Kier molecular flexibility index (Phi) is 7.46. The maximum Gasteiger partial charge on any atom is 0.251 e. The molecule has 116 valence electrons. The number of hydrogen-bond acceptors (Lipinski definition) is 3. The lowest BCUT2D eigenvalue weighted by Crippen LogP contribution is -2.20. The summed E-state index contributed by atoms with van der Waals surface area (Å²) in [5.74, 6) is -0.162. The Morgan fingerprint density at radius 2 is 1.86 bits per heavy atom. The quantitative estimate of drug-likeness (QED) is 0.642. The normalized spacial score (nSPS) is 10.2. The van der Waals surface area contributed by atoms with Crippen molar-refractivity contribution in [1.82, 2.24) is 5.32 Å². The third-order valence-corrected chi connectivity index (χ3v) is 3.44. The number of carbonyl (C=O) groups excluding carboxylic acids is 2. The molecule has 0 saturated carbocycles. The molecule has 0 heterocycles. The molecule has 0 spiro atoms. The summed E-state index contributed by atoms with van der Waals surface area (Å²) in [6.07, 6.45) is 4.44. The highest BCUT2D eigenvalue weighted by Crippen LogP contribution is 2.19. The number of nitrogens with one attached hydrogen (secondary N) is 2. The molecule has 0 fully saturated rings. The van der Waals surface area contributed by atoms with Gasteiger partial charge in [0.05, 0.1) is 0 Å². The van der Waals surface area contributed by atoms with E-state index in [-0.39, 0.29) is 11.8 Å². The van der Waals surface area contributed by atoms with Gasteiger partial charge in [-0.3, -0.25) is 9.59 Å². The van der Waals surface area contributed by atoms with Gasteiger partial charge in [-0.15, -0.1) is 0 Å². The number of hydrogen-bond donors (Lipinski definition) is 3. The van der Waals surface area contributed by atoms with E-state index in [1.807, 2.05) is 13.0 Å². The fraction of sp³-hybridized carbons (Fsp3) is 0.500. The van der Waals surface area contributed by atoms with Crippen LogP contribution in [0, 0.1) is 6.92 Å². The minimum Gasteiger partial charge on any atom is -0.355 e. The molecule has 0 atom stereocenters. The summed E-state index contributed by atoms with van der Waals surface area (Å²) in [6, 6.07) is 5.33. The van der Waals surface area contributed by atoms with Crippen LogP contribution in [0.25, 0.3) is 0 Å². The molecule has 0 unspecified atom stereocenters. The first-order chi connectivity index (χ1) is 10.1. The SMILES string of the molecule is CNC(=O)c1cccc(NC(=O)CCCCCCN)c1C. The van der Waals surface area contributed by atoms with E-state index in [0.717, 1.165) is 31.2 Å². The first-order valence-corrected chi connectivity index (χ1v) is 7.41. The lowest BCUT2D eigenvalue weighted by atomic mass is 10.1. The molecular weight excluding hydrogens is 266 g/mol. The number of benzene rings is 1. The van der Waals surface area contributed by atoms with Crippen molar-refractivity contribution in [2.45, 2.75) is 39.0 Å². The van der Waals surface area contributed by atoms with Crippen LogP contribution in [0.15, 0.2) is 18.2 Å². The van der Waals surface area contributed by atoms with Gasteiger partial charge in [0.1, 0.15) is 0 Å². The Labute approximate surface area is 126 Å². The molecule has 0 bridgehead atoms. The molecule has 5 heteroatoms. The van der Waals surface area contributed by atoms with E-state index in [0.29, 0.717) is 24.2 Å². The molecule has 0 aliphatic heterocycles. The Balaban J connectivity index is 2.54. The second-order valence-electron chi connectivity index (χ2n) is 5.06. The van der Waals surface area contributed by atoms with Gasteiger partial charge in [-0.25, -0.2) is 0 Å². The minimum atomic E-state index is -0.148. The summed E-state index contributed by atoms with van der Waals surface area (Å²) in [7, 11) is 1.59. The first-order valence-electron chi connectivity index (χ1n) is 7.41. The van der Waals surface area contributed by atoms with Crippen LogP contribution in [-0.4, -0.2) is 25.4 Å². The Bertz CT molecular complexity index is 486. The summed E-state index contributed by atoms with van der Waals surface area (Å²) in [5, 5.41) is 5.47. The molecule has 5 nitrogen and oxygen atoms in total. The van der Waals surface area contributed by atoms with Crippen LogP contribution < -0.4 is 16.4 Å². The summed E-state index contributed by atoms with van der Waals surface area (Å²) in [5.41, 5.74) is 7.49. The zero-order valence-corrected chi connectivity index (χ0v) is 12.9. The van der Waals surface area contributed by atoms with Crippen LogP contribution in [-0.2, 0) is 4.79 Å². The van der Waals surface area contributed by atoms with Crippen LogP contribution in [0.4, 0.5) is 5.69 Å². The van der Waals surface area contributed by atoms with Crippen molar-refractivity contribution >= 4 is 17.5 Å². The van der Waals surface area contributed by atoms with Gasteiger partial charge in [-0.2, -0.15) is 0 Å². The molecule has 0 aliphatic rings. The van der Waals surface area contributed by atoms with E-state index < -0.39 is 0 Å². The Morgan fingerprint density at radius 1 is 1.14 bits per heavy atom. The lowest BCUT2D eigenvalue weighted by molar-refractivity contribution is -0.116. The minimum absolute atomic E-state index is 0.0140. The molecule has 4 N–H and O–H groups in total. The average molecular weight is 291 g/mol. The fourth-order valence-electron chi connectivity index (χ4n) is 2.15. The predicted octanol–water partition coefficient (Wildman–Crippen LogP) is 2.20. The van der Waals surface area contributed by atoms with Crippen molar-refractivity contribution in [3.63, 3.8) is 0 Å². The third-order valence-electron chi connectivity index (χ3n) is 3.44. The van der Waals surface area contributed by atoms with Crippen LogP contribution in [0.2, 0.25) is 0 Å². The monoisotopic (exact) mass is 291 g/mol.